The average Bonchev–Trinajstić information content (AvgIpc) is 2.45. The number of anilines is 1. The van der Waals surface area contributed by atoms with Crippen LogP contribution in [0.15, 0.2) is 24.3 Å². The Balaban J connectivity index is 2.36. The Hall–Kier alpha value is -1.84. The third-order valence-corrected chi connectivity index (χ3v) is 3.25. The van der Waals surface area contributed by atoms with Gasteiger partial charge in [0.25, 0.3) is 0 Å². The molecule has 4 nitrogen and oxygen atoms in total. The molecule has 0 fully saturated rings. The van der Waals surface area contributed by atoms with Crippen LogP contribution < -0.4 is 9.64 Å². The first-order valence-corrected chi connectivity index (χ1v) is 6.94. The molecule has 0 atom stereocenters. The number of Topliss-reactive ketones (excluding diaryl/α,β-unsaturated/α-hetero) is 1. The first kappa shape index (κ1) is 16.2. The predicted octanol–water partition coefficient (Wildman–Crippen LogP) is 3.20. The molecule has 20 heavy (non-hydrogen) atoms. The van der Waals surface area contributed by atoms with E-state index in [0.29, 0.717) is 12.8 Å². The second kappa shape index (κ2) is 8.35. The van der Waals surface area contributed by atoms with Gasteiger partial charge in [-0.2, -0.15) is 0 Å². The van der Waals surface area contributed by atoms with Gasteiger partial charge in [-0.3, -0.25) is 4.79 Å². The van der Waals surface area contributed by atoms with Crippen molar-refractivity contribution in [2.24, 2.45) is 0 Å². The van der Waals surface area contributed by atoms with Crippen LogP contribution in [0.2, 0.25) is 0 Å². The summed E-state index contributed by atoms with van der Waals surface area (Å²) in [4.78, 5) is 24.5. The Labute approximate surface area is 120 Å². The van der Waals surface area contributed by atoms with E-state index in [1.807, 2.05) is 24.3 Å². The zero-order valence-corrected chi connectivity index (χ0v) is 12.5. The molecule has 0 N–H and O–H groups in total. The molecule has 0 aromatic heterocycles. The molecule has 0 bridgehead atoms. The van der Waals surface area contributed by atoms with E-state index in [1.54, 1.807) is 26.0 Å². The minimum atomic E-state index is 0.0954. The van der Waals surface area contributed by atoms with Gasteiger partial charge < -0.3 is 14.4 Å². The average molecular weight is 277 g/mol. The Morgan fingerprint density at radius 2 is 1.65 bits per heavy atom. The van der Waals surface area contributed by atoms with Gasteiger partial charge in [0.1, 0.15) is 11.5 Å². The molecule has 0 unspecified atom stereocenters. The number of carbonyl (C=O) groups excluding carboxylic acids is 2. The predicted molar refractivity (Wildman–Crippen MR) is 80.2 cm³/mol. The Morgan fingerprint density at radius 1 is 1.05 bits per heavy atom. The van der Waals surface area contributed by atoms with Crippen molar-refractivity contribution >= 4 is 17.4 Å². The molecule has 1 amide bonds. The van der Waals surface area contributed by atoms with Gasteiger partial charge in [0.05, 0.1) is 7.11 Å². The fraction of sp³-hybridized carbons (Fsp3) is 0.500. The normalized spacial score (nSPS) is 10.2. The highest BCUT2D eigenvalue weighted by Gasteiger charge is 2.10. The minimum Gasteiger partial charge on any atom is -0.497 e. The molecule has 0 heterocycles. The molecule has 1 rings (SSSR count). The van der Waals surface area contributed by atoms with Gasteiger partial charge >= 0.3 is 0 Å². The van der Waals surface area contributed by atoms with Crippen molar-refractivity contribution < 1.29 is 14.3 Å². The Morgan fingerprint density at radius 3 is 2.20 bits per heavy atom. The van der Waals surface area contributed by atoms with E-state index in [0.717, 1.165) is 30.7 Å². The van der Waals surface area contributed by atoms with E-state index in [9.17, 15) is 9.59 Å². The molecule has 0 saturated heterocycles. The van der Waals surface area contributed by atoms with Crippen molar-refractivity contribution in [1.29, 1.82) is 0 Å². The van der Waals surface area contributed by atoms with Gasteiger partial charge in [-0.1, -0.05) is 6.42 Å². The highest BCUT2D eigenvalue weighted by Crippen LogP contribution is 2.19. The van der Waals surface area contributed by atoms with Crippen LogP contribution in [-0.4, -0.2) is 25.8 Å². The summed E-state index contributed by atoms with van der Waals surface area (Å²) in [5.41, 5.74) is 0.861. The van der Waals surface area contributed by atoms with Gasteiger partial charge in [0.15, 0.2) is 0 Å². The van der Waals surface area contributed by atoms with Crippen molar-refractivity contribution in [2.75, 3.05) is 19.1 Å². The first-order chi connectivity index (χ1) is 9.54. The number of amides is 1. The molecular formula is C16H23NO3. The third-order valence-electron chi connectivity index (χ3n) is 3.25. The van der Waals surface area contributed by atoms with Crippen LogP contribution in [0.4, 0.5) is 5.69 Å². The number of ether oxygens (including phenoxy) is 1. The second-order valence-corrected chi connectivity index (χ2v) is 4.91. The van der Waals surface area contributed by atoms with Gasteiger partial charge in [-0.05, 0) is 44.0 Å². The van der Waals surface area contributed by atoms with E-state index in [1.165, 1.54) is 0 Å². The van der Waals surface area contributed by atoms with Crippen molar-refractivity contribution in [3.63, 3.8) is 0 Å². The summed E-state index contributed by atoms with van der Waals surface area (Å²) < 4.78 is 5.09. The molecule has 0 aliphatic carbocycles. The van der Waals surface area contributed by atoms with Gasteiger partial charge in [-0.15, -0.1) is 0 Å². The summed E-state index contributed by atoms with van der Waals surface area (Å²) in [5, 5.41) is 0. The highest BCUT2D eigenvalue weighted by atomic mass is 16.5. The topological polar surface area (TPSA) is 46.6 Å². The maximum absolute atomic E-state index is 12.0. The number of nitrogens with zero attached hydrogens (tertiary/aromatic N) is 1. The third kappa shape index (κ3) is 5.43. The number of rotatable bonds is 8. The van der Waals surface area contributed by atoms with Crippen molar-refractivity contribution in [2.45, 2.75) is 39.0 Å². The maximum atomic E-state index is 12.0. The lowest BCUT2D eigenvalue weighted by Crippen LogP contribution is -2.25. The number of unbranched alkanes of at least 4 members (excludes halogenated alkanes) is 2. The fourth-order valence-corrected chi connectivity index (χ4v) is 1.94. The molecule has 4 heteroatoms. The van der Waals surface area contributed by atoms with Gasteiger partial charge in [-0.25, -0.2) is 0 Å². The molecular weight excluding hydrogens is 254 g/mol. The molecule has 0 radical (unpaired) electrons. The minimum absolute atomic E-state index is 0.0954. The van der Waals surface area contributed by atoms with E-state index in [-0.39, 0.29) is 11.7 Å². The lowest BCUT2D eigenvalue weighted by Gasteiger charge is -2.17. The Bertz CT molecular complexity index is 440. The molecule has 0 saturated carbocycles. The van der Waals surface area contributed by atoms with Crippen LogP contribution in [0.5, 0.6) is 5.75 Å². The highest BCUT2D eigenvalue weighted by molar-refractivity contribution is 5.92. The quantitative estimate of drug-likeness (QED) is 0.685. The van der Waals surface area contributed by atoms with Crippen LogP contribution in [0.25, 0.3) is 0 Å². The van der Waals surface area contributed by atoms with Gasteiger partial charge in [0.2, 0.25) is 5.91 Å². The number of carbonyl (C=O) groups is 2. The summed E-state index contributed by atoms with van der Waals surface area (Å²) in [6, 6.07) is 7.41. The van der Waals surface area contributed by atoms with E-state index in [4.69, 9.17) is 4.74 Å². The van der Waals surface area contributed by atoms with Crippen molar-refractivity contribution in [3.05, 3.63) is 24.3 Å². The lowest BCUT2D eigenvalue weighted by atomic mass is 10.1. The number of hydrogen-bond donors (Lipinski definition) is 0. The van der Waals surface area contributed by atoms with Crippen LogP contribution in [0.1, 0.15) is 39.0 Å². The summed E-state index contributed by atoms with van der Waals surface area (Å²) in [7, 11) is 3.39. The smallest absolute Gasteiger partial charge is 0.226 e. The second-order valence-electron chi connectivity index (χ2n) is 4.91. The van der Waals surface area contributed by atoms with E-state index >= 15 is 0 Å². The molecule has 0 spiro atoms. The maximum Gasteiger partial charge on any atom is 0.226 e. The van der Waals surface area contributed by atoms with Crippen molar-refractivity contribution in [1.82, 2.24) is 0 Å². The molecule has 0 aliphatic heterocycles. The monoisotopic (exact) mass is 277 g/mol. The number of benzene rings is 1. The van der Waals surface area contributed by atoms with Crippen LogP contribution >= 0.6 is 0 Å². The van der Waals surface area contributed by atoms with E-state index in [2.05, 4.69) is 0 Å². The summed E-state index contributed by atoms with van der Waals surface area (Å²) in [6.45, 7) is 1.60. The fourth-order valence-electron chi connectivity index (χ4n) is 1.94. The number of methoxy groups -OCH3 is 1. The van der Waals surface area contributed by atoms with Crippen LogP contribution in [-0.2, 0) is 9.59 Å². The molecule has 1 aromatic carbocycles. The lowest BCUT2D eigenvalue weighted by molar-refractivity contribution is -0.118. The largest absolute Gasteiger partial charge is 0.497 e. The first-order valence-electron chi connectivity index (χ1n) is 6.94. The summed E-state index contributed by atoms with van der Waals surface area (Å²) in [6.07, 6.45) is 3.74. The summed E-state index contributed by atoms with van der Waals surface area (Å²) in [5.74, 6) is 1.09. The molecule has 0 aliphatic rings. The molecule has 1 aromatic rings. The Kier molecular flexibility index (Phi) is 6.77. The zero-order valence-electron chi connectivity index (χ0n) is 12.5. The number of ketones is 1. The SMILES string of the molecule is COc1ccc(N(C)C(=O)CCCCCC(C)=O)cc1. The summed E-state index contributed by atoms with van der Waals surface area (Å²) >= 11 is 0. The molecule has 110 valence electrons. The van der Waals surface area contributed by atoms with Crippen LogP contribution in [0, 0.1) is 0 Å². The van der Waals surface area contributed by atoms with Crippen molar-refractivity contribution in [3.8, 4) is 5.75 Å². The van der Waals surface area contributed by atoms with E-state index < -0.39 is 0 Å². The zero-order chi connectivity index (χ0) is 15.0. The number of hydrogen-bond acceptors (Lipinski definition) is 3. The van der Waals surface area contributed by atoms with Gasteiger partial charge in [0, 0.05) is 25.6 Å². The standard InChI is InChI=1S/C16H23NO3/c1-13(18)7-5-4-6-8-16(19)17(2)14-9-11-15(20-3)12-10-14/h9-12H,4-8H2,1-3H3. The van der Waals surface area contributed by atoms with Crippen LogP contribution in [0.3, 0.4) is 0 Å².